The molecule has 1 amide bonds. The van der Waals surface area contributed by atoms with Gasteiger partial charge in [-0.25, -0.2) is 0 Å². The number of hydrogen-bond donors (Lipinski definition) is 1. The molecule has 22 heavy (non-hydrogen) atoms. The van der Waals surface area contributed by atoms with E-state index in [-0.39, 0.29) is 18.4 Å². The maximum Gasteiger partial charge on any atom is 0.227 e. The Hall–Kier alpha value is -0.910. The quantitative estimate of drug-likeness (QED) is 0.900. The SMILES string of the molecule is O=C(Cc1ccsc1)N1C[C@H](CO)C[C@H](CN2CCCC2)C1. The molecule has 0 spiro atoms. The number of likely N-dealkylation sites (tertiary alicyclic amines) is 2. The van der Waals surface area contributed by atoms with E-state index >= 15 is 0 Å². The number of rotatable bonds is 5. The van der Waals surface area contributed by atoms with Gasteiger partial charge >= 0.3 is 0 Å². The van der Waals surface area contributed by atoms with Crippen LogP contribution in [0, 0.1) is 11.8 Å². The Labute approximate surface area is 136 Å². The minimum atomic E-state index is 0.193. The number of piperidine rings is 1. The first-order valence-corrected chi connectivity index (χ1v) is 9.31. The van der Waals surface area contributed by atoms with E-state index in [0.717, 1.165) is 31.6 Å². The van der Waals surface area contributed by atoms with Crippen LogP contribution in [0.4, 0.5) is 0 Å². The van der Waals surface area contributed by atoms with Gasteiger partial charge in [0.2, 0.25) is 5.91 Å². The zero-order valence-electron chi connectivity index (χ0n) is 13.1. The second-order valence-electron chi connectivity index (χ2n) is 6.77. The molecule has 0 bridgehead atoms. The second kappa shape index (κ2) is 7.57. The summed E-state index contributed by atoms with van der Waals surface area (Å²) in [6.07, 6.45) is 4.15. The number of thiophene rings is 1. The molecule has 2 saturated heterocycles. The first kappa shape index (κ1) is 16.0. The predicted octanol–water partition coefficient (Wildman–Crippen LogP) is 1.84. The van der Waals surface area contributed by atoms with Gasteiger partial charge in [-0.1, -0.05) is 0 Å². The van der Waals surface area contributed by atoms with Gasteiger partial charge in [0.1, 0.15) is 0 Å². The highest BCUT2D eigenvalue weighted by Gasteiger charge is 2.31. The van der Waals surface area contributed by atoms with Gasteiger partial charge in [0.05, 0.1) is 6.42 Å². The van der Waals surface area contributed by atoms with Crippen molar-refractivity contribution >= 4 is 17.2 Å². The van der Waals surface area contributed by atoms with E-state index in [1.54, 1.807) is 11.3 Å². The third-order valence-corrected chi connectivity index (χ3v) is 5.62. The average molecular weight is 322 g/mol. The number of nitrogens with zero attached hydrogens (tertiary/aromatic N) is 2. The summed E-state index contributed by atoms with van der Waals surface area (Å²) in [6, 6.07) is 2.03. The van der Waals surface area contributed by atoms with E-state index in [4.69, 9.17) is 0 Å². The van der Waals surface area contributed by atoms with Gasteiger partial charge in [0, 0.05) is 26.2 Å². The predicted molar refractivity (Wildman–Crippen MR) is 89.0 cm³/mol. The number of amides is 1. The Kier molecular flexibility index (Phi) is 5.50. The molecule has 122 valence electrons. The van der Waals surface area contributed by atoms with Crippen LogP contribution in [0.15, 0.2) is 16.8 Å². The lowest BCUT2D eigenvalue weighted by Gasteiger charge is -2.38. The fourth-order valence-electron chi connectivity index (χ4n) is 3.80. The van der Waals surface area contributed by atoms with Crippen LogP contribution >= 0.6 is 11.3 Å². The third kappa shape index (κ3) is 4.09. The van der Waals surface area contributed by atoms with Crippen LogP contribution in [0.3, 0.4) is 0 Å². The van der Waals surface area contributed by atoms with Crippen LogP contribution in [0.25, 0.3) is 0 Å². The van der Waals surface area contributed by atoms with Gasteiger partial charge in [-0.15, -0.1) is 0 Å². The van der Waals surface area contributed by atoms with Crippen molar-refractivity contribution in [3.63, 3.8) is 0 Å². The topological polar surface area (TPSA) is 43.8 Å². The standard InChI is InChI=1S/C17H26N2O2S/c20-12-16-7-15(9-18-4-1-2-5-18)10-19(11-16)17(21)8-14-3-6-22-13-14/h3,6,13,15-16,20H,1-2,4-5,7-12H2/t15-,16-/m1/s1. The average Bonchev–Trinajstić information content (AvgIpc) is 3.20. The number of carbonyl (C=O) groups excluding carboxylic acids is 1. The first-order valence-electron chi connectivity index (χ1n) is 8.36. The molecule has 2 aliphatic rings. The molecule has 3 heterocycles. The number of hydrogen-bond acceptors (Lipinski definition) is 4. The Morgan fingerprint density at radius 1 is 1.27 bits per heavy atom. The number of aliphatic hydroxyl groups excluding tert-OH is 1. The summed E-state index contributed by atoms with van der Waals surface area (Å²) in [6.45, 7) is 5.25. The van der Waals surface area contributed by atoms with E-state index in [0.29, 0.717) is 12.3 Å². The lowest BCUT2D eigenvalue weighted by atomic mass is 9.89. The molecule has 4 nitrogen and oxygen atoms in total. The van der Waals surface area contributed by atoms with Gasteiger partial charge in [-0.2, -0.15) is 11.3 Å². The van der Waals surface area contributed by atoms with Gasteiger partial charge in [0.25, 0.3) is 0 Å². The van der Waals surface area contributed by atoms with Crippen molar-refractivity contribution in [3.05, 3.63) is 22.4 Å². The maximum absolute atomic E-state index is 12.5. The van der Waals surface area contributed by atoms with Crippen LogP contribution in [-0.4, -0.2) is 60.1 Å². The first-order chi connectivity index (χ1) is 10.7. The molecular weight excluding hydrogens is 296 g/mol. The normalized spacial score (nSPS) is 26.5. The fraction of sp³-hybridized carbons (Fsp3) is 0.706. The van der Waals surface area contributed by atoms with E-state index in [1.165, 1.54) is 25.9 Å². The summed E-state index contributed by atoms with van der Waals surface area (Å²) < 4.78 is 0. The minimum Gasteiger partial charge on any atom is -0.396 e. The molecule has 0 unspecified atom stereocenters. The zero-order chi connectivity index (χ0) is 15.4. The van der Waals surface area contributed by atoms with Crippen molar-refractivity contribution in [3.8, 4) is 0 Å². The Morgan fingerprint density at radius 2 is 2.05 bits per heavy atom. The van der Waals surface area contributed by atoms with E-state index in [1.807, 2.05) is 21.7 Å². The summed E-state index contributed by atoms with van der Waals surface area (Å²) in [5, 5.41) is 13.6. The van der Waals surface area contributed by atoms with E-state index < -0.39 is 0 Å². The molecule has 2 atom stereocenters. The molecular formula is C17H26N2O2S. The fourth-order valence-corrected chi connectivity index (χ4v) is 4.47. The van der Waals surface area contributed by atoms with E-state index in [9.17, 15) is 9.90 Å². The summed E-state index contributed by atoms with van der Waals surface area (Å²) >= 11 is 1.64. The molecule has 0 radical (unpaired) electrons. The minimum absolute atomic E-state index is 0.193. The highest BCUT2D eigenvalue weighted by Crippen LogP contribution is 2.24. The van der Waals surface area contributed by atoms with Gasteiger partial charge in [-0.3, -0.25) is 4.79 Å². The van der Waals surface area contributed by atoms with E-state index in [2.05, 4.69) is 4.90 Å². The highest BCUT2D eigenvalue weighted by atomic mass is 32.1. The van der Waals surface area contributed by atoms with Gasteiger partial charge < -0.3 is 14.9 Å². The monoisotopic (exact) mass is 322 g/mol. The third-order valence-electron chi connectivity index (χ3n) is 4.89. The van der Waals surface area contributed by atoms with Crippen molar-refractivity contribution < 1.29 is 9.90 Å². The Morgan fingerprint density at radius 3 is 2.73 bits per heavy atom. The Balaban J connectivity index is 1.58. The van der Waals surface area contributed by atoms with Crippen molar-refractivity contribution in [2.75, 3.05) is 39.3 Å². The summed E-state index contributed by atoms with van der Waals surface area (Å²) in [7, 11) is 0. The van der Waals surface area contributed by atoms with Crippen molar-refractivity contribution in [2.45, 2.75) is 25.7 Å². The summed E-state index contributed by atoms with van der Waals surface area (Å²) in [5.74, 6) is 0.964. The molecule has 5 heteroatoms. The molecule has 1 N–H and O–H groups in total. The molecule has 1 aromatic rings. The highest BCUT2D eigenvalue weighted by molar-refractivity contribution is 7.07. The largest absolute Gasteiger partial charge is 0.396 e. The van der Waals surface area contributed by atoms with Crippen LogP contribution in [0.2, 0.25) is 0 Å². The molecule has 1 aromatic heterocycles. The smallest absolute Gasteiger partial charge is 0.227 e. The van der Waals surface area contributed by atoms with Crippen molar-refractivity contribution in [1.82, 2.24) is 9.80 Å². The lowest BCUT2D eigenvalue weighted by molar-refractivity contribution is -0.134. The van der Waals surface area contributed by atoms with Gasteiger partial charge in [0.15, 0.2) is 0 Å². The Bertz CT molecular complexity index is 471. The lowest BCUT2D eigenvalue weighted by Crippen LogP contribution is -2.48. The van der Waals surface area contributed by atoms with Gasteiger partial charge in [-0.05, 0) is 66.6 Å². The van der Waals surface area contributed by atoms with Crippen molar-refractivity contribution in [1.29, 1.82) is 0 Å². The summed E-state index contributed by atoms with van der Waals surface area (Å²) in [4.78, 5) is 17.1. The number of carbonyl (C=O) groups is 1. The second-order valence-corrected chi connectivity index (χ2v) is 7.55. The molecule has 0 saturated carbocycles. The molecule has 2 fully saturated rings. The number of aliphatic hydroxyl groups is 1. The van der Waals surface area contributed by atoms with Crippen molar-refractivity contribution in [2.24, 2.45) is 11.8 Å². The van der Waals surface area contributed by atoms with Crippen LogP contribution in [0.5, 0.6) is 0 Å². The molecule has 0 aliphatic carbocycles. The molecule has 3 rings (SSSR count). The van der Waals surface area contributed by atoms with Crippen LogP contribution in [0.1, 0.15) is 24.8 Å². The zero-order valence-corrected chi connectivity index (χ0v) is 13.9. The van der Waals surface area contributed by atoms with Crippen LogP contribution < -0.4 is 0 Å². The molecule has 2 aliphatic heterocycles. The molecule has 0 aromatic carbocycles. The van der Waals surface area contributed by atoms with Crippen LogP contribution in [-0.2, 0) is 11.2 Å². The summed E-state index contributed by atoms with van der Waals surface area (Å²) in [5.41, 5.74) is 1.11. The maximum atomic E-state index is 12.5.